The fourth-order valence-corrected chi connectivity index (χ4v) is 3.42. The maximum absolute atomic E-state index is 12.6. The summed E-state index contributed by atoms with van der Waals surface area (Å²) >= 11 is 0. The minimum absolute atomic E-state index is 0.0959. The van der Waals surface area contributed by atoms with Gasteiger partial charge in [0.05, 0.1) is 16.9 Å². The van der Waals surface area contributed by atoms with Gasteiger partial charge in [-0.25, -0.2) is 0 Å². The van der Waals surface area contributed by atoms with Crippen molar-refractivity contribution in [2.75, 3.05) is 10.7 Å². The average Bonchev–Trinajstić information content (AvgIpc) is 2.81. The zero-order valence-electron chi connectivity index (χ0n) is 13.7. The van der Waals surface area contributed by atoms with E-state index in [0.717, 1.165) is 48.0 Å². The van der Waals surface area contributed by atoms with E-state index in [1.807, 2.05) is 31.2 Å². The van der Waals surface area contributed by atoms with E-state index in [2.05, 4.69) is 10.7 Å². The quantitative estimate of drug-likeness (QED) is 0.910. The van der Waals surface area contributed by atoms with Crippen molar-refractivity contribution >= 4 is 28.4 Å². The summed E-state index contributed by atoms with van der Waals surface area (Å²) in [6.07, 6.45) is 5.42. The Labute approximate surface area is 136 Å². The summed E-state index contributed by atoms with van der Waals surface area (Å²) in [4.78, 5) is 24.1. The molecule has 2 N–H and O–H groups in total. The summed E-state index contributed by atoms with van der Waals surface area (Å²) in [5.41, 5.74) is 5.34. The summed E-state index contributed by atoms with van der Waals surface area (Å²) < 4.78 is 1.74. The lowest BCUT2D eigenvalue weighted by Crippen LogP contribution is -2.25. The number of fused-ring (bicyclic) bond motifs is 1. The maximum Gasteiger partial charge on any atom is 0.235 e. The Morgan fingerprint density at radius 3 is 2.52 bits per heavy atom. The van der Waals surface area contributed by atoms with Crippen LogP contribution in [0.2, 0.25) is 0 Å². The molecule has 0 radical (unpaired) electrons. The van der Waals surface area contributed by atoms with Crippen molar-refractivity contribution in [3.05, 3.63) is 30.0 Å². The van der Waals surface area contributed by atoms with E-state index in [0.29, 0.717) is 0 Å². The monoisotopic (exact) mass is 313 g/mol. The first-order valence-corrected chi connectivity index (χ1v) is 8.26. The molecule has 0 bridgehead atoms. The Morgan fingerprint density at radius 2 is 1.83 bits per heavy atom. The molecule has 1 heterocycles. The molecule has 2 amide bonds. The Morgan fingerprint density at radius 1 is 1.13 bits per heavy atom. The van der Waals surface area contributed by atoms with Crippen molar-refractivity contribution in [1.29, 1.82) is 0 Å². The fourth-order valence-electron chi connectivity index (χ4n) is 3.42. The topological polar surface area (TPSA) is 63.1 Å². The number of benzene rings is 1. The number of carbonyl (C=O) groups is 2. The van der Waals surface area contributed by atoms with Crippen LogP contribution in [0.4, 0.5) is 5.69 Å². The van der Waals surface area contributed by atoms with Gasteiger partial charge in [0.1, 0.15) is 0 Å². The zero-order chi connectivity index (χ0) is 16.4. The van der Waals surface area contributed by atoms with Crippen LogP contribution in [-0.4, -0.2) is 16.5 Å². The minimum Gasteiger partial charge on any atom is -0.324 e. The molecular weight excluding hydrogens is 290 g/mol. The van der Waals surface area contributed by atoms with Gasteiger partial charge in [0.25, 0.3) is 0 Å². The van der Waals surface area contributed by atoms with Crippen LogP contribution < -0.4 is 10.7 Å². The summed E-state index contributed by atoms with van der Waals surface area (Å²) in [7, 11) is 0. The highest BCUT2D eigenvalue weighted by molar-refractivity contribution is 6.04. The number of hydrogen-bond donors (Lipinski definition) is 2. The lowest BCUT2D eigenvalue weighted by Gasteiger charge is -2.20. The Balaban J connectivity index is 1.95. The van der Waals surface area contributed by atoms with Gasteiger partial charge < -0.3 is 5.32 Å². The standard InChI is InChI=1S/C18H23N3O2/c1-12-17(19-18(23)14-8-4-3-5-9-14)15-10-6-7-11-16(15)21(12)20-13(2)22/h6-7,10-11,14H,3-5,8-9H2,1-2H3,(H,19,23)(H,20,22). The first kappa shape index (κ1) is 15.6. The predicted octanol–water partition coefficient (Wildman–Crippen LogP) is 3.56. The first-order chi connectivity index (χ1) is 11.1. The van der Waals surface area contributed by atoms with Gasteiger partial charge in [-0.05, 0) is 25.8 Å². The van der Waals surface area contributed by atoms with E-state index in [9.17, 15) is 9.59 Å². The highest BCUT2D eigenvalue weighted by atomic mass is 16.2. The molecule has 3 rings (SSSR count). The smallest absolute Gasteiger partial charge is 0.235 e. The van der Waals surface area contributed by atoms with Crippen molar-refractivity contribution in [1.82, 2.24) is 4.68 Å². The van der Waals surface area contributed by atoms with Gasteiger partial charge in [-0.2, -0.15) is 0 Å². The lowest BCUT2D eigenvalue weighted by molar-refractivity contribution is -0.120. The molecule has 1 aromatic carbocycles. The first-order valence-electron chi connectivity index (χ1n) is 8.26. The van der Waals surface area contributed by atoms with E-state index in [1.165, 1.54) is 13.3 Å². The molecule has 1 fully saturated rings. The molecule has 0 saturated heterocycles. The minimum atomic E-state index is -0.140. The molecule has 2 aromatic rings. The number of nitrogens with zero attached hydrogens (tertiary/aromatic N) is 1. The fraction of sp³-hybridized carbons (Fsp3) is 0.444. The summed E-state index contributed by atoms with van der Waals surface area (Å²) in [6.45, 7) is 3.39. The zero-order valence-corrected chi connectivity index (χ0v) is 13.7. The molecule has 1 saturated carbocycles. The summed E-state index contributed by atoms with van der Waals surface area (Å²) in [6, 6.07) is 7.77. The number of amides is 2. The normalized spacial score (nSPS) is 15.6. The van der Waals surface area contributed by atoms with Crippen LogP contribution in [0, 0.1) is 12.8 Å². The van der Waals surface area contributed by atoms with E-state index in [-0.39, 0.29) is 17.7 Å². The number of rotatable bonds is 3. The number of para-hydroxylation sites is 1. The van der Waals surface area contributed by atoms with Gasteiger partial charge in [0.2, 0.25) is 11.8 Å². The van der Waals surface area contributed by atoms with Gasteiger partial charge in [-0.1, -0.05) is 37.5 Å². The highest BCUT2D eigenvalue weighted by Crippen LogP contribution is 2.31. The summed E-state index contributed by atoms with van der Waals surface area (Å²) in [5.74, 6) is 0.0589. The van der Waals surface area contributed by atoms with Crippen molar-refractivity contribution in [3.8, 4) is 0 Å². The van der Waals surface area contributed by atoms with E-state index >= 15 is 0 Å². The number of anilines is 1. The maximum atomic E-state index is 12.6. The van der Waals surface area contributed by atoms with Crippen molar-refractivity contribution in [2.45, 2.75) is 46.0 Å². The molecule has 1 aromatic heterocycles. The molecule has 1 aliphatic carbocycles. The van der Waals surface area contributed by atoms with Crippen molar-refractivity contribution in [2.24, 2.45) is 5.92 Å². The SMILES string of the molecule is CC(=O)Nn1c(C)c(NC(=O)C2CCCCC2)c2ccccc21. The second-order valence-electron chi connectivity index (χ2n) is 6.31. The molecule has 23 heavy (non-hydrogen) atoms. The second kappa shape index (κ2) is 6.44. The van der Waals surface area contributed by atoms with Gasteiger partial charge >= 0.3 is 0 Å². The Kier molecular flexibility index (Phi) is 4.37. The molecule has 0 aliphatic heterocycles. The van der Waals surface area contributed by atoms with Gasteiger partial charge in [-0.15, -0.1) is 0 Å². The molecule has 0 spiro atoms. The third-order valence-corrected chi connectivity index (χ3v) is 4.60. The number of nitrogens with one attached hydrogen (secondary N) is 2. The lowest BCUT2D eigenvalue weighted by atomic mass is 9.88. The van der Waals surface area contributed by atoms with E-state index in [4.69, 9.17) is 0 Å². The third-order valence-electron chi connectivity index (χ3n) is 4.60. The van der Waals surface area contributed by atoms with Gasteiger partial charge in [0.15, 0.2) is 0 Å². The van der Waals surface area contributed by atoms with E-state index < -0.39 is 0 Å². The van der Waals surface area contributed by atoms with Crippen molar-refractivity contribution < 1.29 is 9.59 Å². The molecular formula is C18H23N3O2. The second-order valence-corrected chi connectivity index (χ2v) is 6.31. The summed E-state index contributed by atoms with van der Waals surface area (Å²) in [5, 5.41) is 4.05. The molecule has 1 aliphatic rings. The van der Waals surface area contributed by atoms with Crippen LogP contribution in [0.25, 0.3) is 10.9 Å². The van der Waals surface area contributed by atoms with Crippen LogP contribution >= 0.6 is 0 Å². The molecule has 5 heteroatoms. The van der Waals surface area contributed by atoms with Crippen LogP contribution in [-0.2, 0) is 9.59 Å². The number of aromatic nitrogens is 1. The molecule has 0 unspecified atom stereocenters. The third kappa shape index (κ3) is 3.09. The van der Waals surface area contributed by atoms with Crippen molar-refractivity contribution in [3.63, 3.8) is 0 Å². The molecule has 5 nitrogen and oxygen atoms in total. The van der Waals surface area contributed by atoms with Gasteiger partial charge in [0, 0.05) is 18.2 Å². The highest BCUT2D eigenvalue weighted by Gasteiger charge is 2.23. The largest absolute Gasteiger partial charge is 0.324 e. The van der Waals surface area contributed by atoms with Crippen LogP contribution in [0.3, 0.4) is 0 Å². The van der Waals surface area contributed by atoms with Crippen LogP contribution in [0.5, 0.6) is 0 Å². The molecule has 122 valence electrons. The number of hydrogen-bond acceptors (Lipinski definition) is 2. The van der Waals surface area contributed by atoms with Gasteiger partial charge in [-0.3, -0.25) is 19.7 Å². The Hall–Kier alpha value is -2.30. The number of carbonyl (C=O) groups excluding carboxylic acids is 2. The van der Waals surface area contributed by atoms with Crippen LogP contribution in [0.15, 0.2) is 24.3 Å². The van der Waals surface area contributed by atoms with Crippen LogP contribution in [0.1, 0.15) is 44.7 Å². The average molecular weight is 313 g/mol. The Bertz CT molecular complexity index is 742. The predicted molar refractivity (Wildman–Crippen MR) is 91.9 cm³/mol. The van der Waals surface area contributed by atoms with E-state index in [1.54, 1.807) is 4.68 Å². The molecule has 0 atom stereocenters.